The van der Waals surface area contributed by atoms with E-state index in [2.05, 4.69) is 12.2 Å². The molecule has 4 heteroatoms. The van der Waals surface area contributed by atoms with Gasteiger partial charge in [-0.05, 0) is 32.2 Å². The van der Waals surface area contributed by atoms with Crippen LogP contribution in [0.3, 0.4) is 0 Å². The van der Waals surface area contributed by atoms with Crippen molar-refractivity contribution in [2.45, 2.75) is 44.8 Å². The van der Waals surface area contributed by atoms with Gasteiger partial charge in [0.15, 0.2) is 0 Å². The number of hydrogen-bond donors (Lipinski definition) is 1. The smallest absolute Gasteiger partial charge is 0.0835 e. The minimum absolute atomic E-state index is 0.352. The van der Waals surface area contributed by atoms with Crippen molar-refractivity contribution in [1.29, 1.82) is 0 Å². The zero-order valence-corrected chi connectivity index (χ0v) is 10.7. The third-order valence-corrected chi connectivity index (χ3v) is 3.34. The molecule has 0 atom stereocenters. The van der Waals surface area contributed by atoms with Gasteiger partial charge in [0.05, 0.1) is 17.7 Å². The lowest BCUT2D eigenvalue weighted by Gasteiger charge is -2.28. The highest BCUT2D eigenvalue weighted by molar-refractivity contribution is 6.36. The summed E-state index contributed by atoms with van der Waals surface area (Å²) < 4.78 is 5.65. The highest BCUT2D eigenvalue weighted by Gasteiger charge is 2.20. The van der Waals surface area contributed by atoms with Crippen LogP contribution in [-0.2, 0) is 4.74 Å². The van der Waals surface area contributed by atoms with Gasteiger partial charge in [0, 0.05) is 11.6 Å². The maximum atomic E-state index is 5.75. The van der Waals surface area contributed by atoms with Crippen molar-refractivity contribution in [2.24, 2.45) is 0 Å². The number of nitrogens with one attached hydrogen (secondary N) is 1. The molecule has 1 rings (SSSR count). The van der Waals surface area contributed by atoms with E-state index in [9.17, 15) is 0 Å². The van der Waals surface area contributed by atoms with Gasteiger partial charge in [-0.15, -0.1) is 0 Å². The van der Waals surface area contributed by atoms with Crippen molar-refractivity contribution in [2.75, 3.05) is 13.2 Å². The molecule has 0 aromatic rings. The van der Waals surface area contributed by atoms with E-state index in [-0.39, 0.29) is 0 Å². The Morgan fingerprint density at radius 3 is 2.60 bits per heavy atom. The summed E-state index contributed by atoms with van der Waals surface area (Å²) in [7, 11) is 0. The number of halogens is 2. The normalized spacial score (nSPS) is 28.1. The van der Waals surface area contributed by atoms with Gasteiger partial charge in [-0.1, -0.05) is 30.1 Å². The molecule has 0 aromatic heterocycles. The van der Waals surface area contributed by atoms with E-state index in [0.717, 1.165) is 19.4 Å². The van der Waals surface area contributed by atoms with Crippen LogP contribution in [-0.4, -0.2) is 25.3 Å². The molecular formula is C11H19Cl2NO. The molecular weight excluding hydrogens is 233 g/mol. The molecule has 2 nitrogen and oxygen atoms in total. The average molecular weight is 252 g/mol. The van der Waals surface area contributed by atoms with Crippen molar-refractivity contribution in [3.8, 4) is 0 Å². The topological polar surface area (TPSA) is 21.3 Å². The van der Waals surface area contributed by atoms with Crippen molar-refractivity contribution in [3.05, 3.63) is 10.6 Å². The quantitative estimate of drug-likeness (QED) is 0.811. The van der Waals surface area contributed by atoms with Crippen LogP contribution in [0.5, 0.6) is 0 Å². The zero-order valence-electron chi connectivity index (χ0n) is 9.14. The summed E-state index contributed by atoms with van der Waals surface area (Å²) in [6.07, 6.45) is 4.97. The lowest BCUT2D eigenvalue weighted by molar-refractivity contribution is 0.0384. The van der Waals surface area contributed by atoms with Crippen LogP contribution < -0.4 is 5.32 Å². The van der Waals surface area contributed by atoms with Gasteiger partial charge in [-0.25, -0.2) is 0 Å². The number of ether oxygens (including phenoxy) is 1. The maximum absolute atomic E-state index is 5.75. The average Bonchev–Trinajstić information content (AvgIpc) is 2.28. The lowest BCUT2D eigenvalue weighted by Crippen LogP contribution is -2.35. The molecule has 0 aromatic carbocycles. The molecule has 1 aliphatic carbocycles. The van der Waals surface area contributed by atoms with Gasteiger partial charge < -0.3 is 10.1 Å². The van der Waals surface area contributed by atoms with Crippen LogP contribution in [0.25, 0.3) is 0 Å². The molecule has 0 aliphatic heterocycles. The molecule has 1 fully saturated rings. The van der Waals surface area contributed by atoms with Crippen LogP contribution in [0.2, 0.25) is 0 Å². The first-order valence-corrected chi connectivity index (χ1v) is 6.37. The summed E-state index contributed by atoms with van der Waals surface area (Å²) in [5.41, 5.74) is 1.37. The molecule has 0 saturated heterocycles. The van der Waals surface area contributed by atoms with Gasteiger partial charge >= 0.3 is 0 Å². The van der Waals surface area contributed by atoms with E-state index in [1.54, 1.807) is 0 Å². The van der Waals surface area contributed by atoms with E-state index in [1.807, 2.05) is 0 Å². The fourth-order valence-electron chi connectivity index (χ4n) is 1.95. The first kappa shape index (κ1) is 13.3. The van der Waals surface area contributed by atoms with Gasteiger partial charge in [0.1, 0.15) is 0 Å². The molecule has 0 heterocycles. The van der Waals surface area contributed by atoms with E-state index in [1.165, 1.54) is 18.4 Å². The Balaban J connectivity index is 2.14. The van der Waals surface area contributed by atoms with Crippen molar-refractivity contribution >= 4 is 23.2 Å². The predicted octanol–water partition coefficient (Wildman–Crippen LogP) is 3.24. The van der Waals surface area contributed by atoms with Gasteiger partial charge in [0.2, 0.25) is 0 Å². The Bertz CT molecular complexity index is 201. The number of hydrogen-bond acceptors (Lipinski definition) is 2. The molecule has 1 saturated carbocycles. The second-order valence-corrected chi connectivity index (χ2v) is 4.60. The Morgan fingerprint density at radius 2 is 2.07 bits per heavy atom. The van der Waals surface area contributed by atoms with Crippen LogP contribution in [0.15, 0.2) is 10.6 Å². The lowest BCUT2D eigenvalue weighted by atomic mass is 9.93. The molecule has 88 valence electrons. The Kier molecular flexibility index (Phi) is 6.66. The minimum Gasteiger partial charge on any atom is -0.373 e. The van der Waals surface area contributed by atoms with Gasteiger partial charge in [-0.2, -0.15) is 0 Å². The third kappa shape index (κ3) is 5.21. The number of rotatable bonds is 5. The zero-order chi connectivity index (χ0) is 11.1. The van der Waals surface area contributed by atoms with E-state index in [0.29, 0.717) is 23.8 Å². The SMILES string of the molecule is CCNC1CCC(OCC(Cl)=CCl)CC1. The van der Waals surface area contributed by atoms with Crippen molar-refractivity contribution in [1.82, 2.24) is 5.32 Å². The third-order valence-electron chi connectivity index (χ3n) is 2.74. The van der Waals surface area contributed by atoms with E-state index < -0.39 is 0 Å². The van der Waals surface area contributed by atoms with Crippen molar-refractivity contribution < 1.29 is 4.74 Å². The van der Waals surface area contributed by atoms with Gasteiger partial charge in [-0.3, -0.25) is 0 Å². The summed E-state index contributed by atoms with van der Waals surface area (Å²) in [5, 5.41) is 4.04. The fourth-order valence-corrected chi connectivity index (χ4v) is 2.08. The molecule has 15 heavy (non-hydrogen) atoms. The highest BCUT2D eigenvalue weighted by atomic mass is 35.5. The van der Waals surface area contributed by atoms with Crippen LogP contribution in [0.1, 0.15) is 32.6 Å². The summed E-state index contributed by atoms with van der Waals surface area (Å²) in [6.45, 7) is 3.65. The fraction of sp³-hybridized carbons (Fsp3) is 0.818. The predicted molar refractivity (Wildman–Crippen MR) is 65.5 cm³/mol. The summed E-state index contributed by atoms with van der Waals surface area (Å²) in [5.74, 6) is 0. The summed E-state index contributed by atoms with van der Waals surface area (Å²) >= 11 is 11.2. The molecule has 0 bridgehead atoms. The largest absolute Gasteiger partial charge is 0.373 e. The van der Waals surface area contributed by atoms with E-state index >= 15 is 0 Å². The first-order valence-electron chi connectivity index (χ1n) is 5.56. The van der Waals surface area contributed by atoms with Crippen LogP contribution >= 0.6 is 23.2 Å². The van der Waals surface area contributed by atoms with Crippen LogP contribution in [0.4, 0.5) is 0 Å². The van der Waals surface area contributed by atoms with Crippen molar-refractivity contribution in [3.63, 3.8) is 0 Å². The molecule has 1 N–H and O–H groups in total. The summed E-state index contributed by atoms with van der Waals surface area (Å²) in [4.78, 5) is 0. The minimum atomic E-state index is 0.352. The van der Waals surface area contributed by atoms with E-state index in [4.69, 9.17) is 27.9 Å². The standard InChI is InChI=1S/C11H19Cl2NO/c1-2-14-10-3-5-11(6-4-10)15-8-9(13)7-12/h7,10-11,14H,2-6,8H2,1H3. The van der Waals surface area contributed by atoms with Gasteiger partial charge in [0.25, 0.3) is 0 Å². The Morgan fingerprint density at radius 1 is 1.40 bits per heavy atom. The molecule has 0 unspecified atom stereocenters. The molecule has 0 amide bonds. The molecule has 1 aliphatic rings. The molecule has 0 radical (unpaired) electrons. The highest BCUT2D eigenvalue weighted by Crippen LogP contribution is 2.22. The second kappa shape index (κ2) is 7.50. The summed E-state index contributed by atoms with van der Waals surface area (Å²) in [6, 6.07) is 0.675. The Hall–Kier alpha value is 0.240. The molecule has 0 spiro atoms. The second-order valence-electron chi connectivity index (χ2n) is 3.90. The monoisotopic (exact) mass is 251 g/mol. The van der Waals surface area contributed by atoms with Crippen LogP contribution in [0, 0.1) is 0 Å². The first-order chi connectivity index (χ1) is 7.26. The Labute approximate surface area is 102 Å². The maximum Gasteiger partial charge on any atom is 0.0835 e.